The van der Waals surface area contributed by atoms with Gasteiger partial charge in [0.05, 0.1) is 9.82 Å². The second-order valence-electron chi connectivity index (χ2n) is 4.83. The highest BCUT2D eigenvalue weighted by molar-refractivity contribution is 7.91. The molecule has 122 valence electrons. The van der Waals surface area contributed by atoms with Crippen molar-refractivity contribution in [2.24, 2.45) is 0 Å². The largest absolute Gasteiger partial charge is 0.399 e. The van der Waals surface area contributed by atoms with Crippen molar-refractivity contribution in [1.82, 2.24) is 0 Å². The van der Waals surface area contributed by atoms with Gasteiger partial charge in [-0.15, -0.1) is 0 Å². The first kappa shape index (κ1) is 16.7. The van der Waals surface area contributed by atoms with Crippen LogP contribution in [0.1, 0.15) is 6.92 Å². The number of nitrogen functional groups attached to an aromatic ring is 1. The molecule has 0 aliphatic carbocycles. The summed E-state index contributed by atoms with van der Waals surface area (Å²) in [4.78, 5) is 10.2. The van der Waals surface area contributed by atoms with E-state index < -0.39 is 25.9 Å². The number of aliphatic hydroxyl groups excluding tert-OH is 1. The van der Waals surface area contributed by atoms with E-state index in [1.807, 2.05) is 0 Å². The van der Waals surface area contributed by atoms with E-state index in [0.29, 0.717) is 11.4 Å². The van der Waals surface area contributed by atoms with Gasteiger partial charge in [-0.25, -0.2) is 8.42 Å². The summed E-state index contributed by atoms with van der Waals surface area (Å²) < 4.78 is 23.8. The first-order valence-electron chi connectivity index (χ1n) is 6.55. The summed E-state index contributed by atoms with van der Waals surface area (Å²) in [5.41, 5.74) is 4.74. The minimum Gasteiger partial charge on any atom is -0.399 e. The highest BCUT2D eigenvalue weighted by atomic mass is 32.2. The van der Waals surface area contributed by atoms with Crippen LogP contribution in [0, 0.1) is 10.1 Å². The van der Waals surface area contributed by atoms with Crippen molar-refractivity contribution in [2.45, 2.75) is 17.3 Å². The van der Waals surface area contributed by atoms with E-state index in [1.54, 1.807) is 24.3 Å². The Bertz CT molecular complexity index is 832. The van der Waals surface area contributed by atoms with E-state index >= 15 is 0 Å². The number of nitro benzene ring substituents is 1. The summed E-state index contributed by atoms with van der Waals surface area (Å²) in [6.07, 6.45) is 0. The Kier molecular flexibility index (Phi) is 4.52. The number of hydrogen-bond acceptors (Lipinski definition) is 7. The summed E-state index contributed by atoms with van der Waals surface area (Å²) in [5.74, 6) is 0. The van der Waals surface area contributed by atoms with Crippen LogP contribution in [0.15, 0.2) is 47.4 Å². The average Bonchev–Trinajstić information content (AvgIpc) is 2.49. The Hall–Kier alpha value is -2.65. The average molecular weight is 337 g/mol. The van der Waals surface area contributed by atoms with E-state index in [0.717, 1.165) is 13.0 Å². The molecule has 2 aromatic rings. The molecule has 8 nitrogen and oxygen atoms in total. The van der Waals surface area contributed by atoms with E-state index in [1.165, 1.54) is 12.1 Å². The lowest BCUT2D eigenvalue weighted by molar-refractivity contribution is -0.384. The normalized spacial score (nSPS) is 12.6. The number of anilines is 3. The number of sulfone groups is 1. The van der Waals surface area contributed by atoms with Crippen LogP contribution in [-0.4, -0.2) is 23.9 Å². The Morgan fingerprint density at radius 3 is 2.35 bits per heavy atom. The molecule has 1 unspecified atom stereocenters. The number of nitrogens with one attached hydrogen (secondary N) is 1. The lowest BCUT2D eigenvalue weighted by Gasteiger charge is -2.10. The topological polar surface area (TPSA) is 136 Å². The highest BCUT2D eigenvalue weighted by Crippen LogP contribution is 2.31. The fraction of sp³-hybridized carbons (Fsp3) is 0.143. The molecule has 23 heavy (non-hydrogen) atoms. The lowest BCUT2D eigenvalue weighted by Crippen LogP contribution is -2.17. The fourth-order valence-electron chi connectivity index (χ4n) is 1.86. The monoisotopic (exact) mass is 337 g/mol. The molecule has 0 amide bonds. The van der Waals surface area contributed by atoms with Gasteiger partial charge in [-0.05, 0) is 43.3 Å². The second kappa shape index (κ2) is 6.23. The van der Waals surface area contributed by atoms with Crippen LogP contribution in [0.2, 0.25) is 0 Å². The minimum absolute atomic E-state index is 0.129. The summed E-state index contributed by atoms with van der Waals surface area (Å²) in [5, 5.41) is 23.3. The molecule has 0 fully saturated rings. The molecule has 1 atom stereocenters. The number of nitro groups is 1. The Labute approximate surface area is 132 Å². The van der Waals surface area contributed by atoms with Crippen molar-refractivity contribution < 1.29 is 18.4 Å². The third-order valence-electron chi connectivity index (χ3n) is 3.13. The van der Waals surface area contributed by atoms with Crippen molar-refractivity contribution in [2.75, 3.05) is 11.1 Å². The number of aliphatic hydroxyl groups is 1. The third kappa shape index (κ3) is 3.58. The smallest absolute Gasteiger partial charge is 0.293 e. The molecule has 0 heterocycles. The first-order chi connectivity index (χ1) is 10.7. The van der Waals surface area contributed by atoms with Crippen LogP contribution < -0.4 is 11.1 Å². The Morgan fingerprint density at radius 1 is 1.22 bits per heavy atom. The summed E-state index contributed by atoms with van der Waals surface area (Å²) in [7, 11) is -4.02. The predicted octanol–water partition coefficient (Wildman–Crippen LogP) is 2.03. The van der Waals surface area contributed by atoms with Gasteiger partial charge in [-0.2, -0.15) is 0 Å². The zero-order chi connectivity index (χ0) is 17.2. The first-order valence-corrected chi connectivity index (χ1v) is 8.09. The molecule has 0 aliphatic rings. The van der Waals surface area contributed by atoms with Crippen molar-refractivity contribution in [3.63, 3.8) is 0 Å². The maximum absolute atomic E-state index is 11.9. The van der Waals surface area contributed by atoms with Crippen molar-refractivity contribution in [3.05, 3.63) is 52.6 Å². The predicted molar refractivity (Wildman–Crippen MR) is 86.1 cm³/mol. The standard InChI is InChI=1S/C14H15N3O5S/c1-9(18)23(21,22)12-6-7-13(14(8-12)17(19)20)16-11-4-2-10(15)3-5-11/h2-9,16,18H,15H2,1H3. The van der Waals surface area contributed by atoms with Gasteiger partial charge in [0.1, 0.15) is 5.69 Å². The number of nitrogens with two attached hydrogens (primary N) is 1. The zero-order valence-electron chi connectivity index (χ0n) is 12.1. The van der Waals surface area contributed by atoms with Crippen LogP contribution >= 0.6 is 0 Å². The number of rotatable bonds is 5. The second-order valence-corrected chi connectivity index (χ2v) is 7.07. The SMILES string of the molecule is CC(O)S(=O)(=O)c1ccc(Nc2ccc(N)cc2)c([N+](=O)[O-])c1. The highest BCUT2D eigenvalue weighted by Gasteiger charge is 2.25. The number of hydrogen-bond donors (Lipinski definition) is 3. The zero-order valence-corrected chi connectivity index (χ0v) is 12.9. The van der Waals surface area contributed by atoms with Gasteiger partial charge in [0.25, 0.3) is 5.69 Å². The maximum atomic E-state index is 11.9. The maximum Gasteiger partial charge on any atom is 0.293 e. The van der Waals surface area contributed by atoms with E-state index in [9.17, 15) is 23.6 Å². The van der Waals surface area contributed by atoms with Gasteiger partial charge in [0, 0.05) is 17.4 Å². The summed E-state index contributed by atoms with van der Waals surface area (Å²) in [6, 6.07) is 9.93. The quantitative estimate of drug-likeness (QED) is 0.431. The van der Waals surface area contributed by atoms with Crippen LogP contribution in [0.5, 0.6) is 0 Å². The molecule has 2 rings (SSSR count). The molecular weight excluding hydrogens is 322 g/mol. The molecule has 0 saturated carbocycles. The third-order valence-corrected chi connectivity index (χ3v) is 4.94. The fourth-order valence-corrected chi connectivity index (χ4v) is 2.79. The van der Waals surface area contributed by atoms with Gasteiger partial charge in [0.2, 0.25) is 9.84 Å². The molecule has 9 heteroatoms. The molecule has 0 spiro atoms. The van der Waals surface area contributed by atoms with E-state index in [4.69, 9.17) is 5.73 Å². The molecule has 0 radical (unpaired) electrons. The number of benzene rings is 2. The molecule has 0 bridgehead atoms. The van der Waals surface area contributed by atoms with Crippen LogP contribution in [0.4, 0.5) is 22.7 Å². The summed E-state index contributed by atoms with van der Waals surface area (Å²) >= 11 is 0. The molecule has 0 aliphatic heterocycles. The molecule has 0 saturated heterocycles. The lowest BCUT2D eigenvalue weighted by atomic mass is 10.2. The van der Waals surface area contributed by atoms with Gasteiger partial charge in [0.15, 0.2) is 5.44 Å². The Morgan fingerprint density at radius 2 is 1.83 bits per heavy atom. The van der Waals surface area contributed by atoms with E-state index in [2.05, 4.69) is 5.32 Å². The minimum atomic E-state index is -4.02. The van der Waals surface area contributed by atoms with Gasteiger partial charge < -0.3 is 16.2 Å². The molecular formula is C14H15N3O5S. The van der Waals surface area contributed by atoms with Crippen molar-refractivity contribution >= 4 is 32.6 Å². The van der Waals surface area contributed by atoms with Gasteiger partial charge in [-0.3, -0.25) is 10.1 Å². The van der Waals surface area contributed by atoms with Crippen LogP contribution in [-0.2, 0) is 9.84 Å². The van der Waals surface area contributed by atoms with Crippen molar-refractivity contribution in [3.8, 4) is 0 Å². The Balaban J connectivity index is 2.45. The van der Waals surface area contributed by atoms with E-state index in [-0.39, 0.29) is 10.6 Å². The molecule has 2 aromatic carbocycles. The molecule has 0 aromatic heterocycles. The molecule has 4 N–H and O–H groups in total. The number of nitrogens with zero attached hydrogens (tertiary/aromatic N) is 1. The van der Waals surface area contributed by atoms with Crippen LogP contribution in [0.25, 0.3) is 0 Å². The van der Waals surface area contributed by atoms with Gasteiger partial charge >= 0.3 is 0 Å². The van der Waals surface area contributed by atoms with Gasteiger partial charge in [-0.1, -0.05) is 0 Å². The van der Waals surface area contributed by atoms with Crippen molar-refractivity contribution in [1.29, 1.82) is 0 Å². The van der Waals surface area contributed by atoms with Crippen LogP contribution in [0.3, 0.4) is 0 Å². The summed E-state index contributed by atoms with van der Waals surface area (Å²) in [6.45, 7) is 1.09.